The van der Waals surface area contributed by atoms with Crippen LogP contribution in [0.4, 0.5) is 0 Å². The molecule has 0 spiro atoms. The van der Waals surface area contributed by atoms with Gasteiger partial charge in [-0.05, 0) is 37.5 Å². The zero-order chi connectivity index (χ0) is 23.7. The van der Waals surface area contributed by atoms with Crippen LogP contribution in [0.5, 0.6) is 0 Å². The molecule has 0 fully saturated rings. The summed E-state index contributed by atoms with van der Waals surface area (Å²) in [6.45, 7) is 4.93. The van der Waals surface area contributed by atoms with E-state index >= 15 is 0 Å². The highest BCUT2D eigenvalue weighted by Crippen LogP contribution is 2.21. The van der Waals surface area contributed by atoms with Crippen LogP contribution in [0.3, 0.4) is 0 Å². The summed E-state index contributed by atoms with van der Waals surface area (Å²) in [7, 11) is -0.831. The van der Waals surface area contributed by atoms with E-state index in [0.717, 1.165) is 37.2 Å². The number of hydrogen-bond donors (Lipinski definition) is 2. The fourth-order valence-electron chi connectivity index (χ4n) is 4.71. The molecule has 32 heavy (non-hydrogen) atoms. The molecule has 0 aromatic carbocycles. The van der Waals surface area contributed by atoms with E-state index in [1.807, 2.05) is 0 Å². The van der Waals surface area contributed by atoms with Crippen molar-refractivity contribution < 1.29 is 14.4 Å². The molecule has 0 radical (unpaired) electrons. The molecule has 0 aliphatic heterocycles. The quantitative estimate of drug-likeness (QED) is 0.126. The molecule has 2 atom stereocenters. The lowest BCUT2D eigenvalue weighted by Crippen LogP contribution is -2.20. The average Bonchev–Trinajstić information content (AvgIpc) is 2.77. The van der Waals surface area contributed by atoms with Crippen molar-refractivity contribution in [3.05, 3.63) is 0 Å². The van der Waals surface area contributed by atoms with Gasteiger partial charge in [0.15, 0.2) is 0 Å². The van der Waals surface area contributed by atoms with Crippen LogP contribution in [0.15, 0.2) is 0 Å². The summed E-state index contributed by atoms with van der Waals surface area (Å²) in [6.07, 6.45) is 24.8. The first-order chi connectivity index (χ1) is 15.7. The Morgan fingerprint density at radius 1 is 0.500 bits per heavy atom. The van der Waals surface area contributed by atoms with Gasteiger partial charge in [0.25, 0.3) is 0 Å². The van der Waals surface area contributed by atoms with Gasteiger partial charge in [-0.15, -0.1) is 0 Å². The first kappa shape index (κ1) is 32.1. The van der Waals surface area contributed by atoms with E-state index in [1.165, 1.54) is 103 Å². The van der Waals surface area contributed by atoms with Gasteiger partial charge >= 0.3 is 0 Å². The molecule has 0 rings (SSSR count). The van der Waals surface area contributed by atoms with E-state index in [9.17, 15) is 14.4 Å². The first-order valence-corrected chi connectivity index (χ1v) is 15.7. The molecule has 0 aliphatic rings. The van der Waals surface area contributed by atoms with Gasteiger partial charge in [-0.3, -0.25) is 4.21 Å². The minimum Gasteiger partial charge on any atom is -0.396 e. The molecule has 0 saturated heterocycles. The Bertz CT molecular complexity index is 355. The molecule has 0 heterocycles. The van der Waals surface area contributed by atoms with E-state index in [4.69, 9.17) is 0 Å². The van der Waals surface area contributed by atoms with Crippen LogP contribution in [0.25, 0.3) is 0 Å². The molecular weight excluding hydrogens is 416 g/mol. The van der Waals surface area contributed by atoms with Gasteiger partial charge in [-0.2, -0.15) is 0 Å². The highest BCUT2D eigenvalue weighted by atomic mass is 32.2. The van der Waals surface area contributed by atoms with Crippen molar-refractivity contribution in [3.63, 3.8) is 0 Å². The summed E-state index contributed by atoms with van der Waals surface area (Å²) in [4.78, 5) is 0. The topological polar surface area (TPSA) is 57.5 Å². The molecule has 4 heteroatoms. The van der Waals surface area contributed by atoms with Gasteiger partial charge < -0.3 is 10.2 Å². The Balaban J connectivity index is 4.04. The first-order valence-electron chi connectivity index (χ1n) is 14.2. The van der Waals surface area contributed by atoms with Crippen molar-refractivity contribution in [2.45, 2.75) is 142 Å². The van der Waals surface area contributed by atoms with Gasteiger partial charge in [-0.1, -0.05) is 117 Å². The Labute approximate surface area is 204 Å². The second kappa shape index (κ2) is 25.7. The molecule has 2 N–H and O–H groups in total. The molecule has 0 aromatic heterocycles. The van der Waals surface area contributed by atoms with E-state index < -0.39 is 10.8 Å². The fourth-order valence-corrected chi connectivity index (χ4v) is 6.57. The lowest BCUT2D eigenvalue weighted by molar-refractivity contribution is 0.255. The standard InChI is InChI=1S/C28H58O3S/c1-3-5-7-9-11-13-15-17-19-27(21-23-29)25-32(31)26-28(22-24-30)20-18-16-14-12-10-8-6-4-2/h27-30H,3-26H2,1-2H3. The molecule has 0 aromatic rings. The minimum atomic E-state index is -0.831. The molecule has 3 nitrogen and oxygen atoms in total. The maximum atomic E-state index is 12.8. The lowest BCUT2D eigenvalue weighted by Gasteiger charge is -2.19. The third-order valence-corrected chi connectivity index (χ3v) is 8.54. The monoisotopic (exact) mass is 474 g/mol. The Kier molecular flexibility index (Phi) is 25.7. The fraction of sp³-hybridized carbons (Fsp3) is 1.00. The van der Waals surface area contributed by atoms with Crippen LogP contribution < -0.4 is 0 Å². The lowest BCUT2D eigenvalue weighted by atomic mass is 9.99. The molecule has 2 unspecified atom stereocenters. The number of aliphatic hydroxyl groups excluding tert-OH is 2. The van der Waals surface area contributed by atoms with Gasteiger partial charge in [0, 0.05) is 35.5 Å². The number of aliphatic hydroxyl groups is 2. The zero-order valence-corrected chi connectivity index (χ0v) is 22.7. The average molecular weight is 475 g/mol. The van der Waals surface area contributed by atoms with Gasteiger partial charge in [0.1, 0.15) is 0 Å². The van der Waals surface area contributed by atoms with Crippen molar-refractivity contribution in [3.8, 4) is 0 Å². The van der Waals surface area contributed by atoms with Crippen LogP contribution in [0, 0.1) is 11.8 Å². The summed E-state index contributed by atoms with van der Waals surface area (Å²) in [5, 5.41) is 18.9. The Morgan fingerprint density at radius 2 is 0.812 bits per heavy atom. The number of rotatable bonds is 26. The van der Waals surface area contributed by atoms with Gasteiger partial charge in [-0.25, -0.2) is 0 Å². The maximum absolute atomic E-state index is 12.8. The number of hydrogen-bond acceptors (Lipinski definition) is 3. The van der Waals surface area contributed by atoms with Crippen LogP contribution >= 0.6 is 0 Å². The predicted molar refractivity (Wildman–Crippen MR) is 143 cm³/mol. The summed E-state index contributed by atoms with van der Waals surface area (Å²) in [5.41, 5.74) is 0. The molecule has 0 amide bonds. The Morgan fingerprint density at radius 3 is 1.12 bits per heavy atom. The Hall–Kier alpha value is 0.0700. The van der Waals surface area contributed by atoms with Crippen LogP contribution in [-0.2, 0) is 10.8 Å². The summed E-state index contributed by atoms with van der Waals surface area (Å²) >= 11 is 0. The van der Waals surface area contributed by atoms with Crippen molar-refractivity contribution in [2.75, 3.05) is 24.7 Å². The normalized spacial score (nSPS) is 14.5. The van der Waals surface area contributed by atoms with Crippen molar-refractivity contribution in [1.82, 2.24) is 0 Å². The maximum Gasteiger partial charge on any atom is 0.0433 e. The predicted octanol–water partition coefficient (Wildman–Crippen LogP) is 7.79. The molecule has 0 aliphatic carbocycles. The summed E-state index contributed by atoms with van der Waals surface area (Å²) < 4.78 is 12.8. The largest absolute Gasteiger partial charge is 0.396 e. The zero-order valence-electron chi connectivity index (χ0n) is 21.8. The molecule has 194 valence electrons. The molecular formula is C28H58O3S. The highest BCUT2D eigenvalue weighted by molar-refractivity contribution is 7.85. The van der Waals surface area contributed by atoms with Crippen molar-refractivity contribution in [1.29, 1.82) is 0 Å². The van der Waals surface area contributed by atoms with Gasteiger partial charge in [0.2, 0.25) is 0 Å². The van der Waals surface area contributed by atoms with E-state index in [1.54, 1.807) is 0 Å². The molecule has 0 saturated carbocycles. The minimum absolute atomic E-state index is 0.206. The second-order valence-corrected chi connectivity index (χ2v) is 11.6. The highest BCUT2D eigenvalue weighted by Gasteiger charge is 2.17. The SMILES string of the molecule is CCCCCCCCCCC(CCO)CS(=O)CC(CCO)CCCCCCCCCC. The van der Waals surface area contributed by atoms with Crippen molar-refractivity contribution >= 4 is 10.8 Å². The van der Waals surface area contributed by atoms with Crippen LogP contribution in [0.1, 0.15) is 142 Å². The summed E-state index contributed by atoms with van der Waals surface area (Å²) in [6, 6.07) is 0. The second-order valence-electron chi connectivity index (χ2n) is 10.1. The third kappa shape index (κ3) is 21.9. The summed E-state index contributed by atoms with van der Waals surface area (Å²) in [5.74, 6) is 2.24. The van der Waals surface area contributed by atoms with Gasteiger partial charge in [0.05, 0.1) is 0 Å². The molecule has 0 bridgehead atoms. The van der Waals surface area contributed by atoms with E-state index in [-0.39, 0.29) is 13.2 Å². The van der Waals surface area contributed by atoms with E-state index in [0.29, 0.717) is 11.8 Å². The van der Waals surface area contributed by atoms with Crippen molar-refractivity contribution in [2.24, 2.45) is 11.8 Å². The van der Waals surface area contributed by atoms with Crippen LogP contribution in [-0.4, -0.2) is 39.1 Å². The van der Waals surface area contributed by atoms with E-state index in [2.05, 4.69) is 13.8 Å². The number of unbranched alkanes of at least 4 members (excludes halogenated alkanes) is 14. The third-order valence-electron chi connectivity index (χ3n) is 6.85. The van der Waals surface area contributed by atoms with Crippen LogP contribution in [0.2, 0.25) is 0 Å². The smallest absolute Gasteiger partial charge is 0.0433 e.